The topological polar surface area (TPSA) is 46.5 Å². The molecule has 1 aliphatic carbocycles. The largest absolute Gasteiger partial charge is 0.466 e. The van der Waals surface area contributed by atoms with Gasteiger partial charge in [-0.2, -0.15) is 0 Å². The van der Waals surface area contributed by atoms with Gasteiger partial charge in [-0.15, -0.1) is 0 Å². The summed E-state index contributed by atoms with van der Waals surface area (Å²) in [6.45, 7) is 3.64. The molecule has 1 fully saturated rings. The van der Waals surface area contributed by atoms with Crippen molar-refractivity contribution < 1.29 is 14.6 Å². The molecule has 1 rings (SSSR count). The average Bonchev–Trinajstić information content (AvgIpc) is 2.41. The second-order valence-electron chi connectivity index (χ2n) is 3.92. The van der Waals surface area contributed by atoms with Crippen molar-refractivity contribution in [3.05, 3.63) is 12.2 Å². The van der Waals surface area contributed by atoms with E-state index in [2.05, 4.69) is 11.3 Å². The second-order valence-corrected chi connectivity index (χ2v) is 3.92. The van der Waals surface area contributed by atoms with Crippen LogP contribution in [0.4, 0.5) is 0 Å². The monoisotopic (exact) mass is 198 g/mol. The van der Waals surface area contributed by atoms with E-state index in [4.69, 9.17) is 0 Å². The standard InChI is InChI=1S/C11H18O3/c1-9(10(12)14-2)11(13)7-5-3-4-6-8-11/h13H,1,3-8H2,2H3. The molecule has 80 valence electrons. The molecule has 1 saturated carbocycles. The molecule has 0 atom stereocenters. The lowest BCUT2D eigenvalue weighted by Crippen LogP contribution is -2.34. The molecular weight excluding hydrogens is 180 g/mol. The van der Waals surface area contributed by atoms with Gasteiger partial charge in [0.1, 0.15) is 0 Å². The predicted octanol–water partition coefficient (Wildman–Crippen LogP) is 1.80. The Labute approximate surface area is 84.8 Å². The van der Waals surface area contributed by atoms with E-state index in [0.29, 0.717) is 12.8 Å². The molecule has 0 aromatic rings. The number of rotatable bonds is 2. The van der Waals surface area contributed by atoms with Crippen LogP contribution in [0.25, 0.3) is 0 Å². The highest BCUT2D eigenvalue weighted by Gasteiger charge is 2.35. The van der Waals surface area contributed by atoms with Crippen LogP contribution < -0.4 is 0 Å². The SMILES string of the molecule is C=C(C(=O)OC)C1(O)CCCCCC1. The van der Waals surface area contributed by atoms with Crippen LogP contribution in [-0.4, -0.2) is 23.8 Å². The lowest BCUT2D eigenvalue weighted by molar-refractivity contribution is -0.138. The molecule has 0 spiro atoms. The maximum absolute atomic E-state index is 11.2. The third-order valence-electron chi connectivity index (χ3n) is 2.92. The lowest BCUT2D eigenvalue weighted by atomic mass is 9.87. The zero-order valence-corrected chi connectivity index (χ0v) is 8.71. The summed E-state index contributed by atoms with van der Waals surface area (Å²) in [5, 5.41) is 10.2. The van der Waals surface area contributed by atoms with Crippen LogP contribution in [0.5, 0.6) is 0 Å². The highest BCUT2D eigenvalue weighted by atomic mass is 16.5. The van der Waals surface area contributed by atoms with Crippen molar-refractivity contribution in [3.8, 4) is 0 Å². The number of carbonyl (C=O) groups is 1. The van der Waals surface area contributed by atoms with Gasteiger partial charge in [-0.1, -0.05) is 32.3 Å². The fourth-order valence-corrected chi connectivity index (χ4v) is 1.93. The minimum Gasteiger partial charge on any atom is -0.466 e. The molecule has 0 aliphatic heterocycles. The van der Waals surface area contributed by atoms with E-state index < -0.39 is 11.6 Å². The second kappa shape index (κ2) is 4.60. The summed E-state index contributed by atoms with van der Waals surface area (Å²) in [4.78, 5) is 11.2. The Kier molecular flexibility index (Phi) is 3.69. The molecule has 0 aromatic carbocycles. The van der Waals surface area contributed by atoms with Crippen LogP contribution >= 0.6 is 0 Å². The van der Waals surface area contributed by atoms with Gasteiger partial charge in [-0.3, -0.25) is 0 Å². The van der Waals surface area contributed by atoms with Crippen LogP contribution in [0.15, 0.2) is 12.2 Å². The molecule has 0 bridgehead atoms. The Morgan fingerprint density at radius 1 is 1.29 bits per heavy atom. The van der Waals surface area contributed by atoms with Crippen LogP contribution in [0.1, 0.15) is 38.5 Å². The third-order valence-corrected chi connectivity index (χ3v) is 2.92. The minimum absolute atomic E-state index is 0.210. The molecule has 0 unspecified atom stereocenters. The van der Waals surface area contributed by atoms with Gasteiger partial charge >= 0.3 is 5.97 Å². The molecule has 14 heavy (non-hydrogen) atoms. The van der Waals surface area contributed by atoms with Crippen molar-refractivity contribution in [1.29, 1.82) is 0 Å². The minimum atomic E-state index is -1.02. The Morgan fingerprint density at radius 2 is 1.79 bits per heavy atom. The van der Waals surface area contributed by atoms with Gasteiger partial charge in [0.25, 0.3) is 0 Å². The Balaban J connectivity index is 2.70. The smallest absolute Gasteiger partial charge is 0.336 e. The van der Waals surface area contributed by atoms with E-state index in [1.807, 2.05) is 0 Å². The van der Waals surface area contributed by atoms with E-state index in [1.165, 1.54) is 7.11 Å². The van der Waals surface area contributed by atoms with Crippen LogP contribution in [0, 0.1) is 0 Å². The van der Waals surface area contributed by atoms with Crippen molar-refractivity contribution in [3.63, 3.8) is 0 Å². The van der Waals surface area contributed by atoms with Gasteiger partial charge in [0, 0.05) is 0 Å². The highest BCUT2D eigenvalue weighted by molar-refractivity contribution is 5.89. The van der Waals surface area contributed by atoms with E-state index in [0.717, 1.165) is 25.7 Å². The fourth-order valence-electron chi connectivity index (χ4n) is 1.93. The van der Waals surface area contributed by atoms with Crippen molar-refractivity contribution in [2.75, 3.05) is 7.11 Å². The third kappa shape index (κ3) is 2.35. The first-order chi connectivity index (χ1) is 6.60. The molecule has 0 radical (unpaired) electrons. The summed E-state index contributed by atoms with van der Waals surface area (Å²) in [6, 6.07) is 0. The first-order valence-corrected chi connectivity index (χ1v) is 5.10. The summed E-state index contributed by atoms with van der Waals surface area (Å²) in [6.07, 6.45) is 5.40. The summed E-state index contributed by atoms with van der Waals surface area (Å²) in [5.41, 5.74) is -0.814. The molecule has 3 heteroatoms. The lowest BCUT2D eigenvalue weighted by Gasteiger charge is -2.27. The summed E-state index contributed by atoms with van der Waals surface area (Å²) >= 11 is 0. The van der Waals surface area contributed by atoms with Gasteiger partial charge in [0.05, 0.1) is 18.3 Å². The van der Waals surface area contributed by atoms with E-state index in [9.17, 15) is 9.90 Å². The molecule has 1 N–H and O–H groups in total. The van der Waals surface area contributed by atoms with Crippen molar-refractivity contribution >= 4 is 5.97 Å². The quantitative estimate of drug-likeness (QED) is 0.418. The molecule has 3 nitrogen and oxygen atoms in total. The summed E-state index contributed by atoms with van der Waals surface area (Å²) in [5.74, 6) is -0.491. The number of hydrogen-bond donors (Lipinski definition) is 1. The predicted molar refractivity (Wildman–Crippen MR) is 53.8 cm³/mol. The number of carbonyl (C=O) groups excluding carboxylic acids is 1. The van der Waals surface area contributed by atoms with Crippen molar-refractivity contribution in [2.45, 2.75) is 44.1 Å². The first kappa shape index (κ1) is 11.2. The normalized spacial score (nSPS) is 21.0. The average molecular weight is 198 g/mol. The highest BCUT2D eigenvalue weighted by Crippen LogP contribution is 2.32. The number of methoxy groups -OCH3 is 1. The number of hydrogen-bond acceptors (Lipinski definition) is 3. The zero-order valence-electron chi connectivity index (χ0n) is 8.71. The Bertz CT molecular complexity index is 225. The zero-order chi connectivity index (χ0) is 10.6. The Morgan fingerprint density at radius 3 is 2.21 bits per heavy atom. The molecule has 0 heterocycles. The number of aliphatic hydroxyl groups is 1. The molecule has 0 saturated heterocycles. The summed E-state index contributed by atoms with van der Waals surface area (Å²) < 4.78 is 4.57. The van der Waals surface area contributed by atoms with Gasteiger partial charge in [-0.25, -0.2) is 4.79 Å². The molecule has 0 amide bonds. The van der Waals surface area contributed by atoms with Gasteiger partial charge in [0.15, 0.2) is 0 Å². The molecule has 0 aromatic heterocycles. The molecule has 1 aliphatic rings. The number of esters is 1. The van der Waals surface area contributed by atoms with Crippen LogP contribution in [0.2, 0.25) is 0 Å². The number of ether oxygens (including phenoxy) is 1. The first-order valence-electron chi connectivity index (χ1n) is 5.10. The van der Waals surface area contributed by atoms with Crippen LogP contribution in [0.3, 0.4) is 0 Å². The maximum atomic E-state index is 11.2. The van der Waals surface area contributed by atoms with Gasteiger partial charge in [-0.05, 0) is 12.8 Å². The van der Waals surface area contributed by atoms with Gasteiger partial charge < -0.3 is 9.84 Å². The fraction of sp³-hybridized carbons (Fsp3) is 0.727. The van der Waals surface area contributed by atoms with Crippen molar-refractivity contribution in [1.82, 2.24) is 0 Å². The summed E-state index contributed by atoms with van der Waals surface area (Å²) in [7, 11) is 1.31. The van der Waals surface area contributed by atoms with E-state index >= 15 is 0 Å². The van der Waals surface area contributed by atoms with Crippen molar-refractivity contribution in [2.24, 2.45) is 0 Å². The Hall–Kier alpha value is -0.830. The molecular formula is C11H18O3. The van der Waals surface area contributed by atoms with Gasteiger partial charge in [0.2, 0.25) is 0 Å². The maximum Gasteiger partial charge on any atom is 0.336 e. The van der Waals surface area contributed by atoms with E-state index in [1.54, 1.807) is 0 Å². The van der Waals surface area contributed by atoms with E-state index in [-0.39, 0.29) is 5.57 Å². The van der Waals surface area contributed by atoms with Crippen LogP contribution in [-0.2, 0) is 9.53 Å².